The van der Waals surface area contributed by atoms with Crippen LogP contribution in [0.4, 0.5) is 5.69 Å². The van der Waals surface area contributed by atoms with Crippen LogP contribution in [-0.4, -0.2) is 18.1 Å². The molecule has 0 amide bonds. The van der Waals surface area contributed by atoms with Gasteiger partial charge < -0.3 is 14.9 Å². The van der Waals surface area contributed by atoms with Crippen LogP contribution in [0.25, 0.3) is 0 Å². The van der Waals surface area contributed by atoms with Crippen molar-refractivity contribution >= 4 is 23.4 Å². The molecule has 2 rings (SSSR count). The molecule has 6 heteroatoms. The van der Waals surface area contributed by atoms with Crippen molar-refractivity contribution in [3.63, 3.8) is 0 Å². The van der Waals surface area contributed by atoms with Gasteiger partial charge in [-0.15, -0.1) is 0 Å². The molecule has 5 nitrogen and oxygen atoms in total. The van der Waals surface area contributed by atoms with Gasteiger partial charge in [0, 0.05) is 0 Å². The molecule has 2 heterocycles. The molecule has 0 spiro atoms. The number of anilines is 1. The molecule has 0 aromatic carbocycles. The minimum absolute atomic E-state index is 0.399. The quantitative estimate of drug-likeness (QED) is 0.674. The van der Waals surface area contributed by atoms with E-state index in [0.29, 0.717) is 22.8 Å². The Balaban J connectivity index is 2.04. The van der Waals surface area contributed by atoms with E-state index in [9.17, 15) is 4.79 Å². The number of hydrogen-bond donors (Lipinski definition) is 1. The summed E-state index contributed by atoms with van der Waals surface area (Å²) in [6.07, 6.45) is 3.06. The first-order valence-electron chi connectivity index (χ1n) is 5.19. The first kappa shape index (κ1) is 12.5. The number of thioether (sulfide) groups is 1. The average Bonchev–Trinajstić information content (AvgIpc) is 2.85. The number of hydrogen-bond acceptors (Lipinski definition) is 6. The third kappa shape index (κ3) is 2.84. The SMILES string of the molecule is COC(=O)c1ccoc1CSc1ccc(N)cn1. The standard InChI is InChI=1S/C12H12N2O3S/c1-16-12(15)9-4-5-17-10(9)7-18-11-3-2-8(13)6-14-11/h2-6H,7,13H2,1H3. The van der Waals surface area contributed by atoms with Gasteiger partial charge in [0.15, 0.2) is 0 Å². The van der Waals surface area contributed by atoms with E-state index in [1.807, 2.05) is 6.07 Å². The minimum Gasteiger partial charge on any atom is -0.468 e. The Kier molecular flexibility index (Phi) is 3.88. The summed E-state index contributed by atoms with van der Waals surface area (Å²) in [7, 11) is 1.34. The lowest BCUT2D eigenvalue weighted by Gasteiger charge is -2.01. The molecule has 0 aliphatic heterocycles. The summed E-state index contributed by atoms with van der Waals surface area (Å²) in [4.78, 5) is 15.6. The second-order valence-corrected chi connectivity index (χ2v) is 4.46. The lowest BCUT2D eigenvalue weighted by Crippen LogP contribution is -2.02. The van der Waals surface area contributed by atoms with Crippen molar-refractivity contribution in [2.75, 3.05) is 12.8 Å². The predicted molar refractivity (Wildman–Crippen MR) is 68.3 cm³/mol. The number of pyridine rings is 1. The second kappa shape index (κ2) is 5.59. The minimum atomic E-state index is -0.399. The third-order valence-corrected chi connectivity index (χ3v) is 3.20. The molecule has 2 aromatic rings. The number of carbonyl (C=O) groups excluding carboxylic acids is 1. The van der Waals surface area contributed by atoms with Crippen LogP contribution >= 0.6 is 11.8 Å². The number of ether oxygens (including phenoxy) is 1. The van der Waals surface area contributed by atoms with Gasteiger partial charge in [0.2, 0.25) is 0 Å². The number of carbonyl (C=O) groups is 1. The highest BCUT2D eigenvalue weighted by molar-refractivity contribution is 7.98. The monoisotopic (exact) mass is 264 g/mol. The van der Waals surface area contributed by atoms with Crippen LogP contribution in [0, 0.1) is 0 Å². The van der Waals surface area contributed by atoms with E-state index in [2.05, 4.69) is 9.72 Å². The largest absolute Gasteiger partial charge is 0.468 e. The van der Waals surface area contributed by atoms with E-state index in [0.717, 1.165) is 5.03 Å². The van der Waals surface area contributed by atoms with Crippen LogP contribution in [0.2, 0.25) is 0 Å². The van der Waals surface area contributed by atoms with E-state index in [1.165, 1.54) is 25.1 Å². The number of esters is 1. The van der Waals surface area contributed by atoms with Crippen molar-refractivity contribution in [2.45, 2.75) is 10.8 Å². The fraction of sp³-hybridized carbons (Fsp3) is 0.167. The summed E-state index contributed by atoms with van der Waals surface area (Å²) < 4.78 is 9.92. The number of nitrogens with two attached hydrogens (primary N) is 1. The summed E-state index contributed by atoms with van der Waals surface area (Å²) in [5.41, 5.74) is 6.61. The van der Waals surface area contributed by atoms with Gasteiger partial charge in [0.05, 0.1) is 36.0 Å². The lowest BCUT2D eigenvalue weighted by molar-refractivity contribution is 0.0598. The van der Waals surface area contributed by atoms with Gasteiger partial charge in [-0.25, -0.2) is 9.78 Å². The zero-order valence-corrected chi connectivity index (χ0v) is 10.6. The van der Waals surface area contributed by atoms with Crippen molar-refractivity contribution < 1.29 is 13.9 Å². The molecule has 0 aliphatic carbocycles. The maximum atomic E-state index is 11.4. The van der Waals surface area contributed by atoms with Gasteiger partial charge in [0.1, 0.15) is 11.3 Å². The van der Waals surface area contributed by atoms with Gasteiger partial charge in [-0.05, 0) is 18.2 Å². The average molecular weight is 264 g/mol. The van der Waals surface area contributed by atoms with Crippen molar-refractivity contribution in [3.8, 4) is 0 Å². The highest BCUT2D eigenvalue weighted by Gasteiger charge is 2.15. The summed E-state index contributed by atoms with van der Waals surface area (Å²) in [6, 6.07) is 5.19. The number of rotatable bonds is 4. The van der Waals surface area contributed by atoms with E-state index in [1.54, 1.807) is 18.3 Å². The van der Waals surface area contributed by atoms with Gasteiger partial charge >= 0.3 is 5.97 Å². The van der Waals surface area contributed by atoms with Gasteiger partial charge in [-0.2, -0.15) is 0 Å². The maximum absolute atomic E-state index is 11.4. The van der Waals surface area contributed by atoms with Crippen molar-refractivity contribution in [3.05, 3.63) is 42.0 Å². The molecule has 0 unspecified atom stereocenters. The third-order valence-electron chi connectivity index (χ3n) is 2.26. The van der Waals surface area contributed by atoms with Gasteiger partial charge in [-0.3, -0.25) is 0 Å². The molecule has 0 saturated heterocycles. The maximum Gasteiger partial charge on any atom is 0.341 e. The van der Waals surface area contributed by atoms with E-state index in [4.69, 9.17) is 10.2 Å². The number of furan rings is 1. The Morgan fingerprint density at radius 2 is 2.33 bits per heavy atom. The Morgan fingerprint density at radius 1 is 1.50 bits per heavy atom. The topological polar surface area (TPSA) is 78.3 Å². The second-order valence-electron chi connectivity index (χ2n) is 3.47. The number of aromatic nitrogens is 1. The molecule has 2 N–H and O–H groups in total. The number of methoxy groups -OCH3 is 1. The summed E-state index contributed by atoms with van der Waals surface area (Å²) >= 11 is 1.46. The normalized spacial score (nSPS) is 10.3. The Labute approximate surface area is 108 Å². The van der Waals surface area contributed by atoms with E-state index in [-0.39, 0.29) is 0 Å². The van der Waals surface area contributed by atoms with Crippen LogP contribution < -0.4 is 5.73 Å². The molecule has 0 aliphatic rings. The first-order chi connectivity index (χ1) is 8.70. The summed E-state index contributed by atoms with van der Waals surface area (Å²) in [5.74, 6) is 0.684. The summed E-state index contributed by atoms with van der Waals surface area (Å²) in [6.45, 7) is 0. The molecule has 0 radical (unpaired) electrons. The molecule has 0 fully saturated rings. The molecule has 0 bridgehead atoms. The molecule has 0 atom stereocenters. The smallest absolute Gasteiger partial charge is 0.341 e. The molecular formula is C12H12N2O3S. The van der Waals surface area contributed by atoms with Crippen molar-refractivity contribution in [1.29, 1.82) is 0 Å². The lowest BCUT2D eigenvalue weighted by atomic mass is 10.3. The Hall–Kier alpha value is -1.95. The zero-order chi connectivity index (χ0) is 13.0. The predicted octanol–water partition coefficient (Wildman–Crippen LogP) is 2.34. The highest BCUT2D eigenvalue weighted by Crippen LogP contribution is 2.24. The molecule has 18 heavy (non-hydrogen) atoms. The Morgan fingerprint density at radius 3 is 3.00 bits per heavy atom. The molecule has 2 aromatic heterocycles. The van der Waals surface area contributed by atoms with Gasteiger partial charge in [-0.1, -0.05) is 11.8 Å². The summed E-state index contributed by atoms with van der Waals surface area (Å²) in [5, 5.41) is 0.816. The molecular weight excluding hydrogens is 252 g/mol. The van der Waals surface area contributed by atoms with Crippen LogP contribution in [0.5, 0.6) is 0 Å². The van der Waals surface area contributed by atoms with Gasteiger partial charge in [0.25, 0.3) is 0 Å². The van der Waals surface area contributed by atoms with E-state index < -0.39 is 5.97 Å². The van der Waals surface area contributed by atoms with E-state index >= 15 is 0 Å². The molecule has 0 saturated carbocycles. The molecule has 94 valence electrons. The Bertz CT molecular complexity index is 537. The number of nitrogen functional groups attached to an aromatic ring is 1. The van der Waals surface area contributed by atoms with Crippen LogP contribution in [0.1, 0.15) is 16.1 Å². The highest BCUT2D eigenvalue weighted by atomic mass is 32.2. The fourth-order valence-corrected chi connectivity index (χ4v) is 2.15. The fourth-order valence-electron chi connectivity index (χ4n) is 1.36. The number of nitrogens with zero attached hydrogens (tertiary/aromatic N) is 1. The van der Waals surface area contributed by atoms with Crippen LogP contribution in [0.3, 0.4) is 0 Å². The van der Waals surface area contributed by atoms with Crippen molar-refractivity contribution in [2.24, 2.45) is 0 Å². The zero-order valence-electron chi connectivity index (χ0n) is 9.75. The van der Waals surface area contributed by atoms with Crippen molar-refractivity contribution in [1.82, 2.24) is 4.98 Å². The van der Waals surface area contributed by atoms with Crippen LogP contribution in [0.15, 0.2) is 40.1 Å². The van der Waals surface area contributed by atoms with Crippen LogP contribution in [-0.2, 0) is 10.5 Å². The first-order valence-corrected chi connectivity index (χ1v) is 6.18.